The monoisotopic (exact) mass is 437 g/mol. The van der Waals surface area contributed by atoms with Gasteiger partial charge in [-0.15, -0.1) is 5.10 Å². The molecule has 1 heterocycles. The van der Waals surface area contributed by atoms with Crippen LogP contribution < -0.4 is 0 Å². The zero-order valence-electron chi connectivity index (χ0n) is 16.8. The quantitative estimate of drug-likeness (QED) is 0.382. The Morgan fingerprint density at radius 2 is 1.91 bits per heavy atom. The van der Waals surface area contributed by atoms with Crippen molar-refractivity contribution in [2.75, 3.05) is 0 Å². The molecule has 1 fully saturated rings. The summed E-state index contributed by atoms with van der Waals surface area (Å²) in [6.45, 7) is 0. The van der Waals surface area contributed by atoms with Gasteiger partial charge < -0.3 is 0 Å². The van der Waals surface area contributed by atoms with Gasteiger partial charge in [0.25, 0.3) is 0 Å². The van der Waals surface area contributed by atoms with Gasteiger partial charge in [-0.25, -0.2) is 0 Å². The van der Waals surface area contributed by atoms with E-state index in [1.807, 2.05) is 36.4 Å². The van der Waals surface area contributed by atoms with Gasteiger partial charge in [0.2, 0.25) is 5.95 Å². The van der Waals surface area contributed by atoms with E-state index in [1.54, 1.807) is 18.2 Å². The third kappa shape index (κ3) is 3.34. The minimum Gasteiger partial charge on any atom is -0.275 e. The van der Waals surface area contributed by atoms with Crippen molar-refractivity contribution < 1.29 is 4.39 Å². The molecule has 1 radical (unpaired) electrons. The van der Waals surface area contributed by atoms with Gasteiger partial charge in [-0.1, -0.05) is 48.0 Å². The molecular weight excluding hydrogens is 423 g/mol. The van der Waals surface area contributed by atoms with E-state index in [2.05, 4.69) is 28.4 Å². The average Bonchev–Trinajstić information content (AvgIpc) is 3.60. The van der Waals surface area contributed by atoms with E-state index in [-0.39, 0.29) is 16.9 Å². The van der Waals surface area contributed by atoms with E-state index in [9.17, 15) is 14.9 Å². The number of hydrogen-bond acceptors (Lipinski definition) is 3. The molecule has 0 atom stereocenters. The number of nitrogens with one attached hydrogen (secondary N) is 1. The van der Waals surface area contributed by atoms with Crippen LogP contribution in [0.15, 0.2) is 54.6 Å². The second-order valence-electron chi connectivity index (χ2n) is 7.68. The number of hydrogen-bond donors (Lipinski definition) is 1. The van der Waals surface area contributed by atoms with Crippen LogP contribution in [0.25, 0.3) is 22.0 Å². The van der Waals surface area contributed by atoms with Crippen molar-refractivity contribution in [1.82, 2.24) is 10.2 Å². The second kappa shape index (κ2) is 7.96. The Labute approximate surface area is 189 Å². The number of rotatable bonds is 4. The molecule has 0 aliphatic heterocycles. The lowest BCUT2D eigenvalue weighted by Gasteiger charge is -2.19. The SMILES string of the molecule is N#Cc1ccc(/C(=C(\c2[c]cccc2)c2ccc3[nH]nc(F)c3c2C#N)C2CC2)c(Cl)c1. The highest BCUT2D eigenvalue weighted by Gasteiger charge is 2.33. The minimum absolute atomic E-state index is 0.166. The lowest BCUT2D eigenvalue weighted by atomic mass is 9.84. The first-order valence-electron chi connectivity index (χ1n) is 10.1. The molecule has 4 aromatic rings. The summed E-state index contributed by atoms with van der Waals surface area (Å²) in [5.41, 5.74) is 5.10. The molecule has 0 spiro atoms. The summed E-state index contributed by atoms with van der Waals surface area (Å²) in [7, 11) is 0. The van der Waals surface area contributed by atoms with Gasteiger partial charge in [-0.05, 0) is 65.3 Å². The van der Waals surface area contributed by atoms with Gasteiger partial charge in [0.15, 0.2) is 0 Å². The van der Waals surface area contributed by atoms with Gasteiger partial charge in [-0.3, -0.25) is 5.10 Å². The predicted octanol–water partition coefficient (Wildman–Crippen LogP) is 6.27. The van der Waals surface area contributed by atoms with Crippen molar-refractivity contribution in [2.24, 2.45) is 5.92 Å². The summed E-state index contributed by atoms with van der Waals surface area (Å²) in [5.74, 6) is -0.473. The molecule has 4 nitrogen and oxygen atoms in total. The fraction of sp³-hybridized carbons (Fsp3) is 0.115. The lowest BCUT2D eigenvalue weighted by molar-refractivity contribution is 0.588. The lowest BCUT2D eigenvalue weighted by Crippen LogP contribution is -2.01. The summed E-state index contributed by atoms with van der Waals surface area (Å²) in [5, 5.41) is 26.2. The van der Waals surface area contributed by atoms with Gasteiger partial charge in [0.1, 0.15) is 6.07 Å². The smallest absolute Gasteiger partial charge is 0.241 e. The van der Waals surface area contributed by atoms with Crippen LogP contribution in [0.4, 0.5) is 4.39 Å². The molecule has 1 aliphatic carbocycles. The van der Waals surface area contributed by atoms with Crippen molar-refractivity contribution in [3.05, 3.63) is 99.5 Å². The van der Waals surface area contributed by atoms with Crippen molar-refractivity contribution in [1.29, 1.82) is 10.5 Å². The highest BCUT2D eigenvalue weighted by atomic mass is 35.5. The van der Waals surface area contributed by atoms with Crippen LogP contribution in [0.5, 0.6) is 0 Å². The number of allylic oxidation sites excluding steroid dienone is 1. The molecule has 5 rings (SSSR count). The Kier molecular flexibility index (Phi) is 4.98. The van der Waals surface area contributed by atoms with E-state index in [4.69, 9.17) is 11.6 Å². The second-order valence-corrected chi connectivity index (χ2v) is 8.09. The molecule has 1 saturated carbocycles. The van der Waals surface area contributed by atoms with Crippen LogP contribution in [0.3, 0.4) is 0 Å². The summed E-state index contributed by atoms with van der Waals surface area (Å²) in [4.78, 5) is 0. The first kappa shape index (κ1) is 20.0. The standard InChI is InChI=1S/C26H15ClFN4/c27-21-12-15(13-29)6-9-19(21)24(17-7-8-17)23(16-4-2-1-3-5-16)18-10-11-22-25(20(18)14-30)26(28)32-31-22/h1-4,6,9-12,17H,7-8H2,(H,31,32)/b24-23+. The Balaban J connectivity index is 1.90. The van der Waals surface area contributed by atoms with Gasteiger partial charge in [-0.2, -0.15) is 14.9 Å². The van der Waals surface area contributed by atoms with Crippen molar-refractivity contribution in [2.45, 2.75) is 12.8 Å². The van der Waals surface area contributed by atoms with Gasteiger partial charge >= 0.3 is 0 Å². The normalized spacial score (nSPS) is 14.0. The van der Waals surface area contributed by atoms with E-state index >= 15 is 0 Å². The number of fused-ring (bicyclic) bond motifs is 1. The highest BCUT2D eigenvalue weighted by molar-refractivity contribution is 6.33. The summed E-state index contributed by atoms with van der Waals surface area (Å²) < 4.78 is 14.5. The Morgan fingerprint density at radius 3 is 2.56 bits per heavy atom. The van der Waals surface area contributed by atoms with Crippen molar-refractivity contribution in [3.8, 4) is 12.1 Å². The molecular formula is C26H15ClFN4. The van der Waals surface area contributed by atoms with Crippen LogP contribution in [0.1, 0.15) is 40.7 Å². The van der Waals surface area contributed by atoms with Crippen LogP contribution in [0.2, 0.25) is 5.02 Å². The predicted molar refractivity (Wildman–Crippen MR) is 121 cm³/mol. The maximum Gasteiger partial charge on any atom is 0.241 e. The first-order chi connectivity index (χ1) is 15.6. The topological polar surface area (TPSA) is 76.3 Å². The van der Waals surface area contributed by atoms with Gasteiger partial charge in [0.05, 0.1) is 28.1 Å². The molecule has 0 unspecified atom stereocenters. The first-order valence-corrected chi connectivity index (χ1v) is 10.5. The maximum absolute atomic E-state index is 14.5. The van der Waals surface area contributed by atoms with Crippen LogP contribution >= 0.6 is 11.6 Å². The highest BCUT2D eigenvalue weighted by Crippen LogP contribution is 2.50. The fourth-order valence-electron chi connectivity index (χ4n) is 4.12. The molecule has 3 aromatic carbocycles. The zero-order valence-corrected chi connectivity index (χ0v) is 17.5. The summed E-state index contributed by atoms with van der Waals surface area (Å²) in [6, 6.07) is 23.9. The fourth-order valence-corrected chi connectivity index (χ4v) is 4.40. The van der Waals surface area contributed by atoms with E-state index in [0.29, 0.717) is 21.7 Å². The molecule has 32 heavy (non-hydrogen) atoms. The van der Waals surface area contributed by atoms with E-state index < -0.39 is 5.95 Å². The average molecular weight is 438 g/mol. The molecule has 0 bridgehead atoms. The maximum atomic E-state index is 14.5. The van der Waals surface area contributed by atoms with Crippen molar-refractivity contribution >= 4 is 33.7 Å². The Bertz CT molecular complexity index is 1470. The minimum atomic E-state index is -0.709. The number of aromatic amines is 1. The number of nitrogens with zero attached hydrogens (tertiary/aromatic N) is 3. The summed E-state index contributed by atoms with van der Waals surface area (Å²) in [6.07, 6.45) is 1.96. The number of halogens is 2. The number of H-pyrrole nitrogens is 1. The molecule has 6 heteroatoms. The number of aromatic nitrogens is 2. The largest absolute Gasteiger partial charge is 0.275 e. The number of nitriles is 2. The molecule has 1 aliphatic rings. The third-order valence-electron chi connectivity index (χ3n) is 5.69. The molecule has 1 N–H and O–H groups in total. The Hall–Kier alpha value is -3.93. The molecule has 0 amide bonds. The van der Waals surface area contributed by atoms with Crippen LogP contribution in [-0.2, 0) is 0 Å². The Morgan fingerprint density at radius 1 is 1.09 bits per heavy atom. The third-order valence-corrected chi connectivity index (χ3v) is 6.00. The van der Waals surface area contributed by atoms with Crippen LogP contribution in [-0.4, -0.2) is 10.2 Å². The molecule has 153 valence electrons. The molecule has 0 saturated heterocycles. The van der Waals surface area contributed by atoms with Gasteiger partial charge in [0, 0.05) is 10.6 Å². The van der Waals surface area contributed by atoms with E-state index in [0.717, 1.165) is 35.1 Å². The zero-order chi connectivity index (χ0) is 22.2. The number of benzene rings is 3. The molecule has 1 aromatic heterocycles. The van der Waals surface area contributed by atoms with E-state index in [1.165, 1.54) is 0 Å². The summed E-state index contributed by atoms with van der Waals surface area (Å²) >= 11 is 6.63. The van der Waals surface area contributed by atoms with Crippen LogP contribution in [0, 0.1) is 40.6 Å². The van der Waals surface area contributed by atoms with Crippen molar-refractivity contribution in [3.63, 3.8) is 0 Å².